The Balaban J connectivity index is 2.05. The van der Waals surface area contributed by atoms with Gasteiger partial charge in [0.15, 0.2) is 0 Å². The van der Waals surface area contributed by atoms with E-state index in [-0.39, 0.29) is 11.9 Å². The van der Waals surface area contributed by atoms with Gasteiger partial charge in [-0.05, 0) is 30.7 Å². The molecule has 6 heteroatoms. The molecule has 0 unspecified atom stereocenters. The second kappa shape index (κ2) is 5.83. The van der Waals surface area contributed by atoms with Crippen molar-refractivity contribution in [1.29, 1.82) is 0 Å². The molecule has 1 amide bonds. The average Bonchev–Trinajstić information content (AvgIpc) is 2.41. The molecule has 2 rings (SSSR count). The molecule has 0 aliphatic carbocycles. The van der Waals surface area contributed by atoms with Gasteiger partial charge >= 0.3 is 0 Å². The van der Waals surface area contributed by atoms with Crippen molar-refractivity contribution in [3.8, 4) is 0 Å². The Kier molecular flexibility index (Phi) is 3.93. The highest BCUT2D eigenvalue weighted by atomic mass is 16.1. The molecule has 0 saturated heterocycles. The third-order valence-electron chi connectivity index (χ3n) is 2.36. The molecule has 1 aromatic heterocycles. The molecule has 1 aromatic carbocycles. The number of nitrogens with one attached hydrogen (secondary N) is 1. The summed E-state index contributed by atoms with van der Waals surface area (Å²) < 4.78 is 0. The molecular formula is C12H13N5O. The van der Waals surface area contributed by atoms with Crippen molar-refractivity contribution in [3.63, 3.8) is 0 Å². The molecule has 1 heterocycles. The number of anilines is 1. The van der Waals surface area contributed by atoms with Crippen LogP contribution in [0.1, 0.15) is 15.9 Å². The minimum atomic E-state index is -0.262. The molecule has 0 fully saturated rings. The molecule has 0 aliphatic heterocycles. The molecule has 18 heavy (non-hydrogen) atoms. The minimum absolute atomic E-state index is 0.188. The van der Waals surface area contributed by atoms with Crippen LogP contribution in [0.4, 0.5) is 5.95 Å². The van der Waals surface area contributed by atoms with Gasteiger partial charge in [0.2, 0.25) is 5.95 Å². The van der Waals surface area contributed by atoms with Crippen LogP contribution in [-0.2, 0) is 6.42 Å². The Hall–Kier alpha value is -2.34. The van der Waals surface area contributed by atoms with Crippen LogP contribution in [0.15, 0.2) is 36.7 Å². The highest BCUT2D eigenvalue weighted by Crippen LogP contribution is 2.06. The molecule has 0 atom stereocenters. The Morgan fingerprint density at radius 3 is 2.61 bits per heavy atom. The third-order valence-corrected chi connectivity index (χ3v) is 2.36. The number of nitrogens with two attached hydrogens (primary N) is 1. The number of amides is 1. The number of aromatic nitrogens is 3. The predicted molar refractivity (Wildman–Crippen MR) is 67.0 cm³/mol. The summed E-state index contributed by atoms with van der Waals surface area (Å²) in [6.45, 7) is 0.592. The maximum absolute atomic E-state index is 11.8. The third kappa shape index (κ3) is 3.08. The summed E-state index contributed by atoms with van der Waals surface area (Å²) in [4.78, 5) is 15.7. The quantitative estimate of drug-likeness (QED) is 0.821. The maximum atomic E-state index is 11.8. The van der Waals surface area contributed by atoms with Crippen molar-refractivity contribution in [2.75, 3.05) is 11.9 Å². The molecule has 0 saturated carbocycles. The van der Waals surface area contributed by atoms with Crippen molar-refractivity contribution in [3.05, 3.63) is 47.8 Å². The van der Waals surface area contributed by atoms with Crippen LogP contribution in [0.2, 0.25) is 0 Å². The van der Waals surface area contributed by atoms with Crippen LogP contribution in [0.25, 0.3) is 0 Å². The first-order valence-electron chi connectivity index (χ1n) is 5.53. The fourth-order valence-electron chi connectivity index (χ4n) is 1.47. The summed E-state index contributed by atoms with van der Waals surface area (Å²) in [7, 11) is 0. The topological polar surface area (TPSA) is 93.8 Å². The maximum Gasteiger partial charge on any atom is 0.258 e. The number of benzene rings is 1. The van der Waals surface area contributed by atoms with Gasteiger partial charge in [-0.1, -0.05) is 12.1 Å². The van der Waals surface area contributed by atoms with E-state index in [9.17, 15) is 4.79 Å². The summed E-state index contributed by atoms with van der Waals surface area (Å²) >= 11 is 0. The number of nitrogens with zero attached hydrogens (tertiary/aromatic N) is 3. The van der Waals surface area contributed by atoms with Crippen molar-refractivity contribution in [2.45, 2.75) is 6.42 Å². The molecule has 0 spiro atoms. The zero-order chi connectivity index (χ0) is 12.8. The van der Waals surface area contributed by atoms with Gasteiger partial charge in [0.25, 0.3) is 5.91 Å². The van der Waals surface area contributed by atoms with Crippen LogP contribution in [0, 0.1) is 0 Å². The Morgan fingerprint density at radius 2 is 2.00 bits per heavy atom. The van der Waals surface area contributed by atoms with Gasteiger partial charge in [-0.25, -0.2) is 4.98 Å². The van der Waals surface area contributed by atoms with Crippen LogP contribution in [-0.4, -0.2) is 27.6 Å². The lowest BCUT2D eigenvalue weighted by Crippen LogP contribution is -2.14. The first-order valence-corrected chi connectivity index (χ1v) is 5.53. The Morgan fingerprint density at radius 1 is 1.22 bits per heavy atom. The fourth-order valence-corrected chi connectivity index (χ4v) is 1.47. The van der Waals surface area contributed by atoms with Crippen molar-refractivity contribution >= 4 is 11.9 Å². The smallest absolute Gasteiger partial charge is 0.258 e. The Labute approximate surface area is 104 Å². The number of hydrogen-bond acceptors (Lipinski definition) is 5. The van der Waals surface area contributed by atoms with Crippen LogP contribution in [0.5, 0.6) is 0 Å². The second-order valence-electron chi connectivity index (χ2n) is 3.66. The number of carbonyl (C=O) groups is 1. The van der Waals surface area contributed by atoms with Gasteiger partial charge in [0.1, 0.15) is 0 Å². The molecule has 0 radical (unpaired) electrons. The van der Waals surface area contributed by atoms with E-state index >= 15 is 0 Å². The lowest BCUT2D eigenvalue weighted by molar-refractivity contribution is 0.102. The molecule has 0 bridgehead atoms. The monoisotopic (exact) mass is 243 g/mol. The summed E-state index contributed by atoms with van der Waals surface area (Å²) in [5, 5.41) is 9.87. The van der Waals surface area contributed by atoms with Gasteiger partial charge < -0.3 is 5.73 Å². The van der Waals surface area contributed by atoms with Gasteiger partial charge in [-0.3, -0.25) is 10.1 Å². The highest BCUT2D eigenvalue weighted by Gasteiger charge is 2.07. The van der Waals surface area contributed by atoms with E-state index in [1.807, 2.05) is 12.1 Å². The Bertz CT molecular complexity index is 512. The first kappa shape index (κ1) is 12.1. The normalized spacial score (nSPS) is 10.1. The van der Waals surface area contributed by atoms with E-state index in [0.29, 0.717) is 12.1 Å². The zero-order valence-corrected chi connectivity index (χ0v) is 9.71. The molecule has 6 nitrogen and oxygen atoms in total. The van der Waals surface area contributed by atoms with E-state index < -0.39 is 0 Å². The van der Waals surface area contributed by atoms with Crippen molar-refractivity contribution < 1.29 is 4.79 Å². The molecular weight excluding hydrogens is 230 g/mol. The number of carbonyl (C=O) groups excluding carboxylic acids is 1. The first-order chi connectivity index (χ1) is 8.79. The zero-order valence-electron chi connectivity index (χ0n) is 9.71. The molecule has 2 aromatic rings. The van der Waals surface area contributed by atoms with Crippen LogP contribution >= 0.6 is 0 Å². The standard InChI is InChI=1S/C12H13N5O/c13-6-5-9-1-3-10(4-2-9)11(18)16-12-14-7-8-15-17-12/h1-4,7-8H,5-6,13H2,(H,14,16,17,18). The second-order valence-corrected chi connectivity index (χ2v) is 3.66. The van der Waals surface area contributed by atoms with Gasteiger partial charge in [0, 0.05) is 5.56 Å². The largest absolute Gasteiger partial charge is 0.330 e. The van der Waals surface area contributed by atoms with E-state index in [4.69, 9.17) is 5.73 Å². The van der Waals surface area contributed by atoms with Gasteiger partial charge in [-0.2, -0.15) is 5.10 Å². The molecule has 92 valence electrons. The molecule has 0 aliphatic rings. The number of hydrogen-bond donors (Lipinski definition) is 2. The minimum Gasteiger partial charge on any atom is -0.330 e. The van der Waals surface area contributed by atoms with E-state index in [0.717, 1.165) is 12.0 Å². The summed E-state index contributed by atoms with van der Waals surface area (Å²) in [5.74, 6) is -0.0733. The lowest BCUT2D eigenvalue weighted by atomic mass is 10.1. The summed E-state index contributed by atoms with van der Waals surface area (Å²) in [5.41, 5.74) is 7.11. The fraction of sp³-hybridized carbons (Fsp3) is 0.167. The summed E-state index contributed by atoms with van der Waals surface area (Å²) in [6.07, 6.45) is 3.71. The van der Waals surface area contributed by atoms with E-state index in [2.05, 4.69) is 20.5 Å². The van der Waals surface area contributed by atoms with Gasteiger partial charge in [0.05, 0.1) is 12.4 Å². The lowest BCUT2D eigenvalue weighted by Gasteiger charge is -2.03. The van der Waals surface area contributed by atoms with Gasteiger partial charge in [-0.15, -0.1) is 5.10 Å². The molecule has 3 N–H and O–H groups in total. The summed E-state index contributed by atoms with van der Waals surface area (Å²) in [6, 6.07) is 7.26. The van der Waals surface area contributed by atoms with Crippen molar-refractivity contribution in [2.24, 2.45) is 5.73 Å². The number of rotatable bonds is 4. The van der Waals surface area contributed by atoms with Crippen molar-refractivity contribution in [1.82, 2.24) is 15.2 Å². The van der Waals surface area contributed by atoms with E-state index in [1.54, 1.807) is 12.1 Å². The van der Waals surface area contributed by atoms with E-state index in [1.165, 1.54) is 12.4 Å². The van der Waals surface area contributed by atoms with Crippen LogP contribution in [0.3, 0.4) is 0 Å². The van der Waals surface area contributed by atoms with Crippen LogP contribution < -0.4 is 11.1 Å². The SMILES string of the molecule is NCCc1ccc(C(=O)Nc2nccnn2)cc1. The average molecular weight is 243 g/mol. The highest BCUT2D eigenvalue weighted by molar-refractivity contribution is 6.03. The predicted octanol–water partition coefficient (Wildman–Crippen LogP) is 0.625.